The van der Waals surface area contributed by atoms with Crippen molar-refractivity contribution in [3.05, 3.63) is 35.9 Å². The van der Waals surface area contributed by atoms with Crippen molar-refractivity contribution in [1.29, 1.82) is 0 Å². The molecule has 25 heavy (non-hydrogen) atoms. The van der Waals surface area contributed by atoms with Gasteiger partial charge in [0.15, 0.2) is 5.37 Å². The summed E-state index contributed by atoms with van der Waals surface area (Å²) in [6.45, 7) is 5.85. The molecule has 1 aromatic carbocycles. The molecule has 0 radical (unpaired) electrons. The molecule has 1 fully saturated rings. The van der Waals surface area contributed by atoms with Gasteiger partial charge in [-0.2, -0.15) is 0 Å². The van der Waals surface area contributed by atoms with Crippen molar-refractivity contribution in [1.82, 2.24) is 10.2 Å². The summed E-state index contributed by atoms with van der Waals surface area (Å²) in [6, 6.07) is 9.22. The van der Waals surface area contributed by atoms with Crippen molar-refractivity contribution in [2.45, 2.75) is 44.2 Å². The molecule has 0 bridgehead atoms. The number of thioether (sulfide) groups is 1. The maximum atomic E-state index is 12.7. The van der Waals surface area contributed by atoms with Gasteiger partial charge in [-0.25, -0.2) is 4.79 Å². The van der Waals surface area contributed by atoms with Gasteiger partial charge in [0.25, 0.3) is 5.91 Å². The van der Waals surface area contributed by atoms with E-state index in [9.17, 15) is 14.7 Å². The van der Waals surface area contributed by atoms with Crippen molar-refractivity contribution in [2.24, 2.45) is 0 Å². The van der Waals surface area contributed by atoms with Crippen molar-refractivity contribution in [3.63, 3.8) is 0 Å². The van der Waals surface area contributed by atoms with E-state index in [0.717, 1.165) is 5.56 Å². The first-order chi connectivity index (χ1) is 11.8. The van der Waals surface area contributed by atoms with Crippen molar-refractivity contribution >= 4 is 23.8 Å². The second-order valence-electron chi connectivity index (χ2n) is 6.88. The summed E-state index contributed by atoms with van der Waals surface area (Å²) < 4.78 is 5.39. The molecule has 0 aromatic heterocycles. The average molecular weight is 366 g/mol. The molecule has 1 aliphatic rings. The number of aliphatic hydroxyl groups is 1. The van der Waals surface area contributed by atoms with E-state index in [-0.39, 0.29) is 18.6 Å². The average Bonchev–Trinajstić information content (AvgIpc) is 3.03. The number of nitrogens with one attached hydrogen (secondary N) is 1. The molecule has 1 heterocycles. The highest BCUT2D eigenvalue weighted by molar-refractivity contribution is 8.00. The predicted molar refractivity (Wildman–Crippen MR) is 98.2 cm³/mol. The van der Waals surface area contributed by atoms with Crippen LogP contribution in [0.2, 0.25) is 0 Å². The van der Waals surface area contributed by atoms with Gasteiger partial charge in [0, 0.05) is 18.9 Å². The van der Waals surface area contributed by atoms with Crippen LogP contribution in [0.1, 0.15) is 38.8 Å². The number of aliphatic hydroxyl groups excluding tert-OH is 1. The molecule has 6 nitrogen and oxygen atoms in total. The monoisotopic (exact) mass is 366 g/mol. The second-order valence-corrected chi connectivity index (χ2v) is 8.07. The van der Waals surface area contributed by atoms with Crippen molar-refractivity contribution in [2.75, 3.05) is 18.9 Å². The molecule has 2 rings (SSSR count). The molecule has 0 spiro atoms. The van der Waals surface area contributed by atoms with E-state index >= 15 is 0 Å². The largest absolute Gasteiger partial charge is 0.444 e. The summed E-state index contributed by atoms with van der Waals surface area (Å²) in [5.41, 5.74) is 0.325. The van der Waals surface area contributed by atoms with Crippen LogP contribution in [-0.2, 0) is 9.53 Å². The first-order valence-corrected chi connectivity index (χ1v) is 9.44. The van der Waals surface area contributed by atoms with E-state index in [0.29, 0.717) is 18.7 Å². The van der Waals surface area contributed by atoms with E-state index in [4.69, 9.17) is 4.74 Å². The van der Waals surface area contributed by atoms with E-state index < -0.39 is 17.1 Å². The van der Waals surface area contributed by atoms with Crippen LogP contribution in [0.4, 0.5) is 4.79 Å². The van der Waals surface area contributed by atoms with Gasteiger partial charge in [-0.15, -0.1) is 11.8 Å². The Hall–Kier alpha value is -1.73. The van der Waals surface area contributed by atoms with Gasteiger partial charge in [0.05, 0.1) is 6.04 Å². The smallest absolute Gasteiger partial charge is 0.411 e. The van der Waals surface area contributed by atoms with E-state index in [1.54, 1.807) is 20.8 Å². The molecule has 0 saturated carbocycles. The lowest BCUT2D eigenvalue weighted by Crippen LogP contribution is -2.47. The molecule has 2 amide bonds. The lowest BCUT2D eigenvalue weighted by molar-refractivity contribution is -0.124. The molecular formula is C18H26N2O4S. The molecule has 2 N–H and O–H groups in total. The third kappa shape index (κ3) is 5.64. The van der Waals surface area contributed by atoms with E-state index in [1.807, 2.05) is 30.3 Å². The quantitative estimate of drug-likeness (QED) is 0.837. The third-order valence-corrected chi connectivity index (χ3v) is 4.88. The van der Waals surface area contributed by atoms with Crippen LogP contribution in [0, 0.1) is 0 Å². The summed E-state index contributed by atoms with van der Waals surface area (Å²) in [7, 11) is 0. The normalized spacial score (nSPS) is 18.7. The Bertz CT molecular complexity index is 588. The molecule has 2 atom stereocenters. The number of benzene rings is 1. The van der Waals surface area contributed by atoms with Gasteiger partial charge in [0.2, 0.25) is 0 Å². The molecule has 1 aromatic rings. The van der Waals surface area contributed by atoms with Crippen LogP contribution in [0.15, 0.2) is 30.3 Å². The number of hydrogen-bond acceptors (Lipinski definition) is 5. The Balaban J connectivity index is 2.05. The van der Waals surface area contributed by atoms with Crippen LogP contribution < -0.4 is 5.32 Å². The SMILES string of the molecule is CC(C)(C)OC(=O)N1CCS[C@H]1C(=O)N[C@@H](CCO)c1ccccc1. The van der Waals surface area contributed by atoms with Gasteiger partial charge in [0.1, 0.15) is 5.60 Å². The molecule has 138 valence electrons. The summed E-state index contributed by atoms with van der Waals surface area (Å²) in [4.78, 5) is 26.5. The predicted octanol–water partition coefficient (Wildman–Crippen LogP) is 2.54. The number of amides is 2. The second kappa shape index (κ2) is 8.58. The standard InChI is InChI=1S/C18H26N2O4S/c1-18(2,3)24-17(23)20-10-12-25-16(20)15(22)19-14(9-11-21)13-7-5-4-6-8-13/h4-8,14,16,21H,9-12H2,1-3H3,(H,19,22)/t14-,16-/m0/s1. The Labute approximate surface area is 152 Å². The number of rotatable bonds is 5. The lowest BCUT2D eigenvalue weighted by Gasteiger charge is -2.28. The summed E-state index contributed by atoms with van der Waals surface area (Å²) in [5, 5.41) is 11.6. The third-order valence-electron chi connectivity index (χ3n) is 3.68. The fourth-order valence-corrected chi connectivity index (χ4v) is 3.69. The zero-order chi connectivity index (χ0) is 18.4. The topological polar surface area (TPSA) is 78.9 Å². The molecule has 1 aliphatic heterocycles. The molecule has 0 unspecified atom stereocenters. The minimum atomic E-state index is -0.611. The number of hydrogen-bond donors (Lipinski definition) is 2. The summed E-state index contributed by atoms with van der Waals surface area (Å²) >= 11 is 1.42. The van der Waals surface area contributed by atoms with Crippen LogP contribution in [-0.4, -0.2) is 51.9 Å². The Kier molecular flexibility index (Phi) is 6.72. The van der Waals surface area contributed by atoms with Crippen LogP contribution in [0.25, 0.3) is 0 Å². The number of ether oxygens (including phenoxy) is 1. The fraction of sp³-hybridized carbons (Fsp3) is 0.556. The van der Waals surface area contributed by atoms with Crippen LogP contribution >= 0.6 is 11.8 Å². The molecular weight excluding hydrogens is 340 g/mol. The highest BCUT2D eigenvalue weighted by Crippen LogP contribution is 2.27. The molecule has 7 heteroatoms. The fourth-order valence-electron chi connectivity index (χ4n) is 2.57. The van der Waals surface area contributed by atoms with Gasteiger partial charge in [-0.3, -0.25) is 9.69 Å². The van der Waals surface area contributed by atoms with Gasteiger partial charge >= 0.3 is 6.09 Å². The minimum absolute atomic E-state index is 0.0343. The van der Waals surface area contributed by atoms with Crippen LogP contribution in [0.5, 0.6) is 0 Å². The molecule has 0 aliphatic carbocycles. The van der Waals surface area contributed by atoms with Crippen LogP contribution in [0.3, 0.4) is 0 Å². The van der Waals surface area contributed by atoms with Gasteiger partial charge in [-0.1, -0.05) is 30.3 Å². The first kappa shape index (κ1) is 19.6. The Morgan fingerprint density at radius 2 is 2.04 bits per heavy atom. The Morgan fingerprint density at radius 3 is 2.64 bits per heavy atom. The van der Waals surface area contributed by atoms with Gasteiger partial charge < -0.3 is 15.2 Å². The zero-order valence-electron chi connectivity index (χ0n) is 14.9. The van der Waals surface area contributed by atoms with E-state index in [2.05, 4.69) is 5.32 Å². The van der Waals surface area contributed by atoms with E-state index in [1.165, 1.54) is 16.7 Å². The first-order valence-electron chi connectivity index (χ1n) is 8.39. The zero-order valence-corrected chi connectivity index (χ0v) is 15.7. The maximum Gasteiger partial charge on any atom is 0.411 e. The van der Waals surface area contributed by atoms with Gasteiger partial charge in [-0.05, 0) is 32.8 Å². The summed E-state index contributed by atoms with van der Waals surface area (Å²) in [5.74, 6) is 0.448. The Morgan fingerprint density at radius 1 is 1.36 bits per heavy atom. The van der Waals surface area contributed by atoms with Crippen molar-refractivity contribution < 1.29 is 19.4 Å². The minimum Gasteiger partial charge on any atom is -0.444 e. The lowest BCUT2D eigenvalue weighted by atomic mass is 10.0. The highest BCUT2D eigenvalue weighted by atomic mass is 32.2. The summed E-state index contributed by atoms with van der Waals surface area (Å²) in [6.07, 6.45) is -0.0596. The highest BCUT2D eigenvalue weighted by Gasteiger charge is 2.38. The number of nitrogens with zero attached hydrogens (tertiary/aromatic N) is 1. The molecule has 1 saturated heterocycles. The maximum absolute atomic E-state index is 12.7. The van der Waals surface area contributed by atoms with Crippen molar-refractivity contribution in [3.8, 4) is 0 Å². The number of carbonyl (C=O) groups excluding carboxylic acids is 2. The number of carbonyl (C=O) groups is 2.